The molecule has 27 heavy (non-hydrogen) atoms. The predicted molar refractivity (Wildman–Crippen MR) is 101 cm³/mol. The van der Waals surface area contributed by atoms with Crippen molar-refractivity contribution in [2.75, 3.05) is 30.7 Å². The molecule has 0 aromatic carbocycles. The second-order valence-electron chi connectivity index (χ2n) is 8.30. The Morgan fingerprint density at radius 2 is 2.04 bits per heavy atom. The number of likely N-dealkylation sites (tertiary alicyclic amines) is 1. The number of carbonyl (C=O) groups excluding carboxylic acids is 1. The maximum atomic E-state index is 12.7. The smallest absolute Gasteiger partial charge is 0.323 e. The highest BCUT2D eigenvalue weighted by Crippen LogP contribution is 2.41. The van der Waals surface area contributed by atoms with Crippen LogP contribution in [0.3, 0.4) is 0 Å². The molecule has 3 fully saturated rings. The summed E-state index contributed by atoms with van der Waals surface area (Å²) >= 11 is 0. The van der Waals surface area contributed by atoms with Crippen LogP contribution in [0, 0.1) is 0 Å². The van der Waals surface area contributed by atoms with E-state index >= 15 is 0 Å². The number of sulfonamides is 1. The van der Waals surface area contributed by atoms with E-state index in [1.165, 1.54) is 12.8 Å². The van der Waals surface area contributed by atoms with Crippen molar-refractivity contribution in [3.63, 3.8) is 0 Å². The molecule has 1 aliphatic carbocycles. The van der Waals surface area contributed by atoms with Gasteiger partial charge in [-0.15, -0.1) is 0 Å². The summed E-state index contributed by atoms with van der Waals surface area (Å²) in [5.41, 5.74) is 0.0102. The SMILES string of the molecule is CC1(c2cc(NC(=O)N3CCCC(N4CCCS4(=O)=O)C3)no2)CCCC1. The van der Waals surface area contributed by atoms with E-state index in [1.54, 1.807) is 9.21 Å². The van der Waals surface area contributed by atoms with Crippen molar-refractivity contribution in [2.24, 2.45) is 0 Å². The maximum absolute atomic E-state index is 12.7. The van der Waals surface area contributed by atoms with E-state index in [4.69, 9.17) is 4.52 Å². The van der Waals surface area contributed by atoms with Gasteiger partial charge in [-0.25, -0.2) is 13.2 Å². The molecular weight excluding hydrogens is 368 g/mol. The van der Waals surface area contributed by atoms with Crippen molar-refractivity contribution in [2.45, 2.75) is 63.3 Å². The fourth-order valence-electron chi connectivity index (χ4n) is 4.65. The van der Waals surface area contributed by atoms with E-state index in [-0.39, 0.29) is 23.2 Å². The minimum atomic E-state index is -3.16. The van der Waals surface area contributed by atoms with Crippen LogP contribution in [0.4, 0.5) is 10.6 Å². The molecule has 2 amide bonds. The van der Waals surface area contributed by atoms with E-state index in [0.29, 0.717) is 31.9 Å². The standard InChI is InChI=1S/C18H28N4O4S/c1-18(7-2-3-8-18)15-12-16(20-26-15)19-17(23)21-9-4-6-14(13-21)22-10-5-11-27(22,24)25/h12,14H,2-11,13H2,1H3,(H,19,20,23). The van der Waals surface area contributed by atoms with Crippen molar-refractivity contribution in [3.8, 4) is 0 Å². The highest BCUT2D eigenvalue weighted by atomic mass is 32.2. The van der Waals surface area contributed by atoms with E-state index < -0.39 is 10.0 Å². The first-order valence-corrected chi connectivity index (χ1v) is 11.5. The third-order valence-electron chi connectivity index (χ3n) is 6.28. The number of nitrogens with zero attached hydrogens (tertiary/aromatic N) is 3. The highest BCUT2D eigenvalue weighted by molar-refractivity contribution is 7.89. The third kappa shape index (κ3) is 3.71. The summed E-state index contributed by atoms with van der Waals surface area (Å²) in [7, 11) is -3.16. The second kappa shape index (κ2) is 7.09. The summed E-state index contributed by atoms with van der Waals surface area (Å²) in [5, 5.41) is 6.84. The molecule has 2 aliphatic heterocycles. The van der Waals surface area contributed by atoms with Gasteiger partial charge in [0, 0.05) is 37.2 Å². The molecule has 1 aromatic rings. The second-order valence-corrected chi connectivity index (χ2v) is 10.3. The number of amides is 2. The lowest BCUT2D eigenvalue weighted by Crippen LogP contribution is -2.51. The number of urea groups is 1. The van der Waals surface area contributed by atoms with Crippen LogP contribution in [-0.2, 0) is 15.4 Å². The first-order chi connectivity index (χ1) is 12.9. The minimum Gasteiger partial charge on any atom is -0.359 e. The van der Waals surface area contributed by atoms with Gasteiger partial charge in [-0.3, -0.25) is 5.32 Å². The van der Waals surface area contributed by atoms with Gasteiger partial charge in [0.2, 0.25) is 10.0 Å². The molecule has 1 saturated carbocycles. The lowest BCUT2D eigenvalue weighted by atomic mass is 9.86. The Labute approximate surface area is 160 Å². The summed E-state index contributed by atoms with van der Waals surface area (Å²) in [6.45, 7) is 3.79. The Morgan fingerprint density at radius 1 is 1.26 bits per heavy atom. The Balaban J connectivity index is 1.39. The number of carbonyl (C=O) groups is 1. The van der Waals surface area contributed by atoms with Crippen molar-refractivity contribution < 1.29 is 17.7 Å². The molecule has 9 heteroatoms. The number of rotatable bonds is 3. The van der Waals surface area contributed by atoms with Crippen LogP contribution in [0.15, 0.2) is 10.6 Å². The minimum absolute atomic E-state index is 0.0102. The average molecular weight is 397 g/mol. The summed E-state index contributed by atoms with van der Waals surface area (Å²) in [4.78, 5) is 14.4. The van der Waals surface area contributed by atoms with Gasteiger partial charge >= 0.3 is 6.03 Å². The quantitative estimate of drug-likeness (QED) is 0.847. The van der Waals surface area contributed by atoms with E-state index in [9.17, 15) is 13.2 Å². The van der Waals surface area contributed by atoms with Gasteiger partial charge < -0.3 is 9.42 Å². The van der Waals surface area contributed by atoms with Crippen molar-refractivity contribution in [3.05, 3.63) is 11.8 Å². The highest BCUT2D eigenvalue weighted by Gasteiger charge is 2.38. The average Bonchev–Trinajstić information content (AvgIpc) is 3.35. The fourth-order valence-corrected chi connectivity index (χ4v) is 6.41. The largest absolute Gasteiger partial charge is 0.359 e. The Morgan fingerprint density at radius 3 is 2.74 bits per heavy atom. The maximum Gasteiger partial charge on any atom is 0.323 e. The summed E-state index contributed by atoms with van der Waals surface area (Å²) in [5.74, 6) is 1.48. The van der Waals surface area contributed by atoms with Crippen LogP contribution < -0.4 is 5.32 Å². The monoisotopic (exact) mass is 396 g/mol. The van der Waals surface area contributed by atoms with Gasteiger partial charge in [-0.1, -0.05) is 24.9 Å². The molecule has 1 atom stereocenters. The Hall–Kier alpha value is -1.61. The summed E-state index contributed by atoms with van der Waals surface area (Å²) in [6, 6.07) is 1.46. The Bertz CT molecular complexity index is 800. The molecule has 150 valence electrons. The van der Waals surface area contributed by atoms with E-state index in [2.05, 4.69) is 17.4 Å². The molecule has 2 saturated heterocycles. The van der Waals surface area contributed by atoms with Crippen LogP contribution in [0.25, 0.3) is 0 Å². The number of piperidine rings is 1. The molecule has 3 heterocycles. The number of nitrogens with one attached hydrogen (secondary N) is 1. The van der Waals surface area contributed by atoms with E-state index in [1.807, 2.05) is 6.07 Å². The van der Waals surface area contributed by atoms with Crippen molar-refractivity contribution in [1.29, 1.82) is 0 Å². The lowest BCUT2D eigenvalue weighted by molar-refractivity contribution is 0.163. The van der Waals surface area contributed by atoms with Crippen LogP contribution in [-0.4, -0.2) is 60.2 Å². The van der Waals surface area contributed by atoms with E-state index in [0.717, 1.165) is 31.4 Å². The van der Waals surface area contributed by atoms with Crippen LogP contribution in [0.5, 0.6) is 0 Å². The van der Waals surface area contributed by atoms with Gasteiger partial charge in [-0.05, 0) is 32.1 Å². The summed E-state index contributed by atoms with van der Waals surface area (Å²) < 4.78 is 31.4. The van der Waals surface area contributed by atoms with Gasteiger partial charge in [0.1, 0.15) is 5.76 Å². The molecule has 1 unspecified atom stereocenters. The van der Waals surface area contributed by atoms with Crippen molar-refractivity contribution >= 4 is 21.9 Å². The molecule has 1 aromatic heterocycles. The molecule has 4 rings (SSSR count). The zero-order chi connectivity index (χ0) is 19.1. The molecule has 0 radical (unpaired) electrons. The van der Waals surface area contributed by atoms with Crippen LogP contribution in [0.2, 0.25) is 0 Å². The van der Waals surface area contributed by atoms with Crippen LogP contribution in [0.1, 0.15) is 57.6 Å². The van der Waals surface area contributed by atoms with Gasteiger partial charge in [0.15, 0.2) is 5.82 Å². The first-order valence-electron chi connectivity index (χ1n) is 9.90. The molecule has 0 bridgehead atoms. The molecule has 1 N–H and O–H groups in total. The molecule has 3 aliphatic rings. The van der Waals surface area contributed by atoms with Crippen molar-refractivity contribution in [1.82, 2.24) is 14.4 Å². The zero-order valence-electron chi connectivity index (χ0n) is 15.8. The van der Waals surface area contributed by atoms with Gasteiger partial charge in [-0.2, -0.15) is 4.31 Å². The number of hydrogen-bond acceptors (Lipinski definition) is 5. The Kier molecular flexibility index (Phi) is 4.92. The fraction of sp³-hybridized carbons (Fsp3) is 0.778. The topological polar surface area (TPSA) is 95.8 Å². The van der Waals surface area contributed by atoms with Crippen LogP contribution >= 0.6 is 0 Å². The predicted octanol–water partition coefficient (Wildman–Crippen LogP) is 2.54. The normalized spacial score (nSPS) is 27.7. The number of aromatic nitrogens is 1. The molecule has 0 spiro atoms. The van der Waals surface area contributed by atoms with Gasteiger partial charge in [0.25, 0.3) is 0 Å². The zero-order valence-corrected chi connectivity index (χ0v) is 16.6. The third-order valence-corrected chi connectivity index (χ3v) is 8.28. The first kappa shape index (κ1) is 18.7. The lowest BCUT2D eigenvalue weighted by Gasteiger charge is -2.36. The summed E-state index contributed by atoms with van der Waals surface area (Å²) in [6.07, 6.45) is 6.80. The molecule has 8 nitrogen and oxygen atoms in total. The molecular formula is C18H28N4O4S. The number of anilines is 1. The van der Waals surface area contributed by atoms with Gasteiger partial charge in [0.05, 0.1) is 5.75 Å². The number of hydrogen-bond donors (Lipinski definition) is 1.